The topological polar surface area (TPSA) is 154 Å². The molecule has 0 spiro atoms. The predicted octanol–water partition coefficient (Wildman–Crippen LogP) is 2.59. The molecule has 0 aliphatic heterocycles. The first-order valence-electron chi connectivity index (χ1n) is 8.85. The average Bonchev–Trinajstić information content (AvgIpc) is 2.78. The molecule has 0 radical (unpaired) electrons. The summed E-state index contributed by atoms with van der Waals surface area (Å²) in [6.07, 6.45) is 3.50. The minimum absolute atomic E-state index is 0.00709. The molecule has 2 N–H and O–H groups in total. The molecule has 0 fully saturated rings. The van der Waals surface area contributed by atoms with Gasteiger partial charge in [-0.3, -0.25) is 14.8 Å². The van der Waals surface area contributed by atoms with Gasteiger partial charge in [0.25, 0.3) is 15.7 Å². The summed E-state index contributed by atoms with van der Waals surface area (Å²) in [6.45, 7) is 0. The number of nitro benzene ring substituents is 1. The zero-order valence-corrected chi connectivity index (χ0v) is 17.8. The minimum atomic E-state index is -4.09. The number of para-hydroxylation sites is 2. The molecule has 12 heteroatoms. The van der Waals surface area contributed by atoms with Crippen LogP contribution in [0.4, 0.5) is 17.1 Å². The Kier molecular flexibility index (Phi) is 8.07. The largest absolute Gasteiger partial charge is 0.466 e. The van der Waals surface area contributed by atoms with Crippen LogP contribution in [0.15, 0.2) is 77.4 Å². The molecular weight excluding hydrogens is 442 g/mol. The molecule has 32 heavy (non-hydrogen) atoms. The number of nitrogens with zero attached hydrogens (tertiary/aromatic N) is 1. The molecule has 2 rings (SSSR count). The van der Waals surface area contributed by atoms with Gasteiger partial charge in [0.2, 0.25) is 0 Å². The van der Waals surface area contributed by atoms with Crippen molar-refractivity contribution >= 4 is 39.0 Å². The van der Waals surface area contributed by atoms with Crippen LogP contribution in [0.25, 0.3) is 0 Å². The van der Waals surface area contributed by atoms with E-state index < -0.39 is 26.9 Å². The van der Waals surface area contributed by atoms with Crippen molar-refractivity contribution in [3.63, 3.8) is 0 Å². The number of hydrogen-bond donors (Lipinski definition) is 2. The monoisotopic (exact) mass is 461 g/mol. The van der Waals surface area contributed by atoms with Crippen molar-refractivity contribution in [2.75, 3.05) is 24.3 Å². The Morgan fingerprint density at radius 3 is 2.25 bits per heavy atom. The lowest BCUT2D eigenvalue weighted by Gasteiger charge is -2.09. The number of methoxy groups -OCH3 is 2. The van der Waals surface area contributed by atoms with Gasteiger partial charge in [-0.25, -0.2) is 18.0 Å². The van der Waals surface area contributed by atoms with E-state index in [0.717, 1.165) is 6.08 Å². The Balaban J connectivity index is 2.20. The summed E-state index contributed by atoms with van der Waals surface area (Å²) in [4.78, 5) is 33.3. The molecular formula is C20H19N3O8S. The quantitative estimate of drug-likeness (QED) is 0.188. The van der Waals surface area contributed by atoms with Gasteiger partial charge < -0.3 is 14.8 Å². The molecule has 2 aromatic carbocycles. The highest BCUT2D eigenvalue weighted by atomic mass is 32.2. The zero-order valence-electron chi connectivity index (χ0n) is 17.0. The van der Waals surface area contributed by atoms with Crippen molar-refractivity contribution in [2.24, 2.45) is 0 Å². The van der Waals surface area contributed by atoms with Crippen molar-refractivity contribution in [3.8, 4) is 0 Å². The number of carbonyl (C=O) groups excluding carboxylic acids is 2. The number of anilines is 2. The van der Waals surface area contributed by atoms with E-state index in [1.54, 1.807) is 0 Å². The SMILES string of the molecule is COC(=O)/C=C/C(=C/Nc1ccc(S(=O)(=O)Nc2ccccc2[N+](=O)[O-])cc1)C(=O)OC. The van der Waals surface area contributed by atoms with Gasteiger partial charge in [-0.2, -0.15) is 0 Å². The van der Waals surface area contributed by atoms with Crippen LogP contribution >= 0.6 is 0 Å². The number of benzene rings is 2. The third kappa shape index (κ3) is 6.40. The van der Waals surface area contributed by atoms with E-state index in [2.05, 4.69) is 19.5 Å². The minimum Gasteiger partial charge on any atom is -0.466 e. The van der Waals surface area contributed by atoms with E-state index in [1.165, 1.54) is 75.0 Å². The van der Waals surface area contributed by atoms with Crippen molar-refractivity contribution in [1.82, 2.24) is 0 Å². The highest BCUT2D eigenvalue weighted by molar-refractivity contribution is 7.92. The first-order valence-corrected chi connectivity index (χ1v) is 10.3. The lowest BCUT2D eigenvalue weighted by Crippen LogP contribution is -2.14. The molecule has 0 aliphatic rings. The van der Waals surface area contributed by atoms with Crippen molar-refractivity contribution in [1.29, 1.82) is 0 Å². The Morgan fingerprint density at radius 1 is 1.00 bits per heavy atom. The Bertz CT molecular complexity index is 1170. The summed E-state index contributed by atoms with van der Waals surface area (Å²) in [6, 6.07) is 10.7. The molecule has 0 heterocycles. The van der Waals surface area contributed by atoms with Crippen LogP contribution in [-0.4, -0.2) is 39.5 Å². The number of ether oxygens (including phenoxy) is 2. The van der Waals surface area contributed by atoms with Gasteiger partial charge in [0.05, 0.1) is 29.6 Å². The van der Waals surface area contributed by atoms with Gasteiger partial charge in [-0.15, -0.1) is 0 Å². The van der Waals surface area contributed by atoms with Crippen LogP contribution in [0.2, 0.25) is 0 Å². The fraction of sp³-hybridized carbons (Fsp3) is 0.100. The predicted molar refractivity (Wildman–Crippen MR) is 115 cm³/mol. The Hall–Kier alpha value is -4.19. The second-order valence-corrected chi connectivity index (χ2v) is 7.68. The summed E-state index contributed by atoms with van der Waals surface area (Å²) < 4.78 is 36.4. The third-order valence-electron chi connectivity index (χ3n) is 3.93. The standard InChI is InChI=1S/C20H19N3O8S/c1-30-19(24)12-7-14(20(25)31-2)13-21-15-8-10-16(11-9-15)32(28,29)22-17-5-3-4-6-18(17)23(26)27/h3-13,21-22H,1-2H3/b12-7+,14-13-. The maximum absolute atomic E-state index is 12.6. The van der Waals surface area contributed by atoms with Gasteiger partial charge in [0.1, 0.15) is 5.69 Å². The number of hydrogen-bond acceptors (Lipinski definition) is 9. The van der Waals surface area contributed by atoms with E-state index >= 15 is 0 Å². The lowest BCUT2D eigenvalue weighted by atomic mass is 10.2. The second-order valence-electron chi connectivity index (χ2n) is 6.00. The summed E-state index contributed by atoms with van der Waals surface area (Å²) in [5.74, 6) is -1.38. The van der Waals surface area contributed by atoms with E-state index in [9.17, 15) is 28.1 Å². The maximum Gasteiger partial charge on any atom is 0.339 e. The number of esters is 2. The Labute approximate surface area is 183 Å². The molecule has 0 atom stereocenters. The molecule has 0 saturated carbocycles. The van der Waals surface area contributed by atoms with Crippen molar-refractivity contribution in [3.05, 3.63) is 82.6 Å². The average molecular weight is 461 g/mol. The van der Waals surface area contributed by atoms with Crippen molar-refractivity contribution < 1.29 is 32.4 Å². The molecule has 0 bridgehead atoms. The molecule has 0 amide bonds. The van der Waals surface area contributed by atoms with Gasteiger partial charge in [-0.1, -0.05) is 12.1 Å². The van der Waals surface area contributed by atoms with Crippen LogP contribution in [0.5, 0.6) is 0 Å². The highest BCUT2D eigenvalue weighted by Crippen LogP contribution is 2.26. The third-order valence-corrected chi connectivity index (χ3v) is 5.31. The van der Waals surface area contributed by atoms with E-state index in [1.807, 2.05) is 0 Å². The number of nitro groups is 1. The first-order chi connectivity index (χ1) is 15.2. The summed E-state index contributed by atoms with van der Waals surface area (Å²) in [5, 5.41) is 13.9. The fourth-order valence-electron chi connectivity index (χ4n) is 2.33. The normalized spacial score (nSPS) is 11.6. The van der Waals surface area contributed by atoms with E-state index in [4.69, 9.17) is 0 Å². The van der Waals surface area contributed by atoms with Crippen LogP contribution in [0, 0.1) is 10.1 Å². The van der Waals surface area contributed by atoms with E-state index in [0.29, 0.717) is 5.69 Å². The smallest absolute Gasteiger partial charge is 0.339 e. The van der Waals surface area contributed by atoms with Crippen LogP contribution in [0.1, 0.15) is 0 Å². The number of carbonyl (C=O) groups is 2. The Morgan fingerprint density at radius 2 is 1.66 bits per heavy atom. The van der Waals surface area contributed by atoms with E-state index in [-0.39, 0.29) is 21.8 Å². The van der Waals surface area contributed by atoms with Gasteiger partial charge in [0, 0.05) is 24.0 Å². The highest BCUT2D eigenvalue weighted by Gasteiger charge is 2.20. The molecule has 0 aromatic heterocycles. The van der Waals surface area contributed by atoms with Gasteiger partial charge in [0.15, 0.2) is 0 Å². The molecule has 2 aromatic rings. The second kappa shape index (κ2) is 10.7. The number of sulfonamides is 1. The molecule has 168 valence electrons. The summed E-state index contributed by atoms with van der Waals surface area (Å²) >= 11 is 0. The maximum atomic E-state index is 12.6. The fourth-order valence-corrected chi connectivity index (χ4v) is 3.41. The molecule has 0 aliphatic carbocycles. The van der Waals surface area contributed by atoms with Crippen LogP contribution in [-0.2, 0) is 29.1 Å². The first kappa shape index (κ1) is 24.1. The van der Waals surface area contributed by atoms with Crippen LogP contribution < -0.4 is 10.0 Å². The molecule has 0 unspecified atom stereocenters. The lowest BCUT2D eigenvalue weighted by molar-refractivity contribution is -0.383. The van der Waals surface area contributed by atoms with Gasteiger partial charge in [-0.05, 0) is 36.4 Å². The zero-order chi connectivity index (χ0) is 23.7. The summed E-state index contributed by atoms with van der Waals surface area (Å²) in [5.41, 5.74) is -0.118. The van der Waals surface area contributed by atoms with Gasteiger partial charge >= 0.3 is 11.9 Å². The molecule has 0 saturated heterocycles. The summed E-state index contributed by atoms with van der Waals surface area (Å²) in [7, 11) is -1.73. The van der Waals surface area contributed by atoms with Crippen LogP contribution in [0.3, 0.4) is 0 Å². The number of nitrogens with one attached hydrogen (secondary N) is 2. The van der Waals surface area contributed by atoms with Crippen molar-refractivity contribution in [2.45, 2.75) is 4.90 Å². The number of rotatable bonds is 9. The molecule has 11 nitrogen and oxygen atoms in total.